The first-order chi connectivity index (χ1) is 9.24. The van der Waals surface area contributed by atoms with Gasteiger partial charge in [-0.1, -0.05) is 12.1 Å². The number of aromatic amines is 1. The summed E-state index contributed by atoms with van der Waals surface area (Å²) in [6.07, 6.45) is 0. The van der Waals surface area contributed by atoms with E-state index < -0.39 is 0 Å². The van der Waals surface area contributed by atoms with Gasteiger partial charge in [0.15, 0.2) is 5.82 Å². The van der Waals surface area contributed by atoms with E-state index in [-0.39, 0.29) is 11.7 Å². The second kappa shape index (κ2) is 4.45. The van der Waals surface area contributed by atoms with E-state index in [0.717, 1.165) is 10.9 Å². The highest BCUT2D eigenvalue weighted by Crippen LogP contribution is 2.20. The maximum atomic E-state index is 12.0. The van der Waals surface area contributed by atoms with Gasteiger partial charge in [-0.15, -0.1) is 0 Å². The molecule has 3 N–H and O–H groups in total. The fourth-order valence-corrected chi connectivity index (χ4v) is 1.85. The fourth-order valence-electron chi connectivity index (χ4n) is 1.85. The summed E-state index contributed by atoms with van der Waals surface area (Å²) in [4.78, 5) is 12.0. The summed E-state index contributed by atoms with van der Waals surface area (Å²) in [5.74, 6) is 0.354. The Morgan fingerprint density at radius 2 is 1.84 bits per heavy atom. The van der Waals surface area contributed by atoms with E-state index in [0.29, 0.717) is 11.4 Å². The van der Waals surface area contributed by atoms with E-state index in [2.05, 4.69) is 15.5 Å². The zero-order valence-electron chi connectivity index (χ0n) is 9.92. The number of nitrogens with zero attached hydrogens (tertiary/aromatic N) is 1. The Morgan fingerprint density at radius 1 is 1.11 bits per heavy atom. The van der Waals surface area contributed by atoms with Crippen LogP contribution in [-0.4, -0.2) is 21.2 Å². The number of rotatable bonds is 2. The standard InChI is InChI=1S/C14H11N3O2/c18-10-7-5-9(6-8-10)14(19)15-13-11-3-1-2-4-12(11)16-17-13/h1-8,18H,(H2,15,16,17,19). The minimum atomic E-state index is -0.266. The summed E-state index contributed by atoms with van der Waals surface area (Å²) in [5.41, 5.74) is 1.33. The third-order valence-electron chi connectivity index (χ3n) is 2.83. The molecule has 0 aliphatic heterocycles. The number of carbonyl (C=O) groups excluding carboxylic acids is 1. The number of aromatic hydroxyl groups is 1. The number of hydrogen-bond donors (Lipinski definition) is 3. The van der Waals surface area contributed by atoms with Crippen molar-refractivity contribution in [2.75, 3.05) is 5.32 Å². The second-order valence-electron chi connectivity index (χ2n) is 4.12. The number of carbonyl (C=O) groups is 1. The molecule has 0 atom stereocenters. The Labute approximate surface area is 108 Å². The van der Waals surface area contributed by atoms with Crippen molar-refractivity contribution in [1.82, 2.24) is 10.2 Å². The molecule has 0 saturated carbocycles. The predicted molar refractivity (Wildman–Crippen MR) is 72.2 cm³/mol. The SMILES string of the molecule is O=C(Nc1n[nH]c2ccccc12)c1ccc(O)cc1. The Balaban J connectivity index is 1.89. The first kappa shape index (κ1) is 11.3. The van der Waals surface area contributed by atoms with Crippen molar-refractivity contribution in [2.24, 2.45) is 0 Å². The first-order valence-electron chi connectivity index (χ1n) is 5.77. The normalized spacial score (nSPS) is 10.5. The maximum absolute atomic E-state index is 12.0. The van der Waals surface area contributed by atoms with Crippen molar-refractivity contribution in [3.8, 4) is 5.75 Å². The first-order valence-corrected chi connectivity index (χ1v) is 5.77. The lowest BCUT2D eigenvalue weighted by atomic mass is 10.2. The molecule has 1 amide bonds. The van der Waals surface area contributed by atoms with Gasteiger partial charge in [0.05, 0.1) is 5.52 Å². The summed E-state index contributed by atoms with van der Waals surface area (Å²) in [5, 5.41) is 19.7. The zero-order chi connectivity index (χ0) is 13.2. The number of phenolic OH excluding ortho intramolecular Hbond substituents is 1. The Morgan fingerprint density at radius 3 is 2.63 bits per heavy atom. The van der Waals surface area contributed by atoms with Gasteiger partial charge in [-0.25, -0.2) is 0 Å². The fraction of sp³-hybridized carbons (Fsp3) is 0. The average Bonchev–Trinajstić information content (AvgIpc) is 2.83. The number of para-hydroxylation sites is 1. The molecule has 0 unspecified atom stereocenters. The van der Waals surface area contributed by atoms with Crippen LogP contribution in [0.2, 0.25) is 0 Å². The van der Waals surface area contributed by atoms with Crippen LogP contribution in [0.3, 0.4) is 0 Å². The number of benzene rings is 2. The summed E-state index contributed by atoms with van der Waals surface area (Å²) >= 11 is 0. The van der Waals surface area contributed by atoms with E-state index in [4.69, 9.17) is 0 Å². The molecule has 2 aromatic carbocycles. The Kier molecular flexibility index (Phi) is 2.64. The smallest absolute Gasteiger partial charge is 0.256 e. The highest BCUT2D eigenvalue weighted by atomic mass is 16.3. The lowest BCUT2D eigenvalue weighted by Gasteiger charge is -2.02. The lowest BCUT2D eigenvalue weighted by molar-refractivity contribution is 0.102. The number of aromatic nitrogens is 2. The monoisotopic (exact) mass is 253 g/mol. The lowest BCUT2D eigenvalue weighted by Crippen LogP contribution is -2.12. The van der Waals surface area contributed by atoms with Crippen LogP contribution in [0.5, 0.6) is 5.75 Å². The number of anilines is 1. The summed E-state index contributed by atoms with van der Waals surface area (Å²) in [6, 6.07) is 13.6. The minimum absolute atomic E-state index is 0.127. The van der Waals surface area contributed by atoms with E-state index in [1.165, 1.54) is 12.1 Å². The number of H-pyrrole nitrogens is 1. The predicted octanol–water partition coefficient (Wildman–Crippen LogP) is 2.52. The van der Waals surface area contributed by atoms with Crippen LogP contribution >= 0.6 is 0 Å². The molecule has 0 fully saturated rings. The summed E-state index contributed by atoms with van der Waals surface area (Å²) in [6.45, 7) is 0. The minimum Gasteiger partial charge on any atom is -0.508 e. The van der Waals surface area contributed by atoms with Gasteiger partial charge in [-0.2, -0.15) is 5.10 Å². The summed E-state index contributed by atoms with van der Waals surface area (Å²) in [7, 11) is 0. The van der Waals surface area contributed by atoms with Gasteiger partial charge in [0.2, 0.25) is 0 Å². The molecule has 0 radical (unpaired) electrons. The van der Waals surface area contributed by atoms with E-state index in [1.54, 1.807) is 12.1 Å². The van der Waals surface area contributed by atoms with Crippen LogP contribution in [0, 0.1) is 0 Å². The van der Waals surface area contributed by atoms with Crippen LogP contribution < -0.4 is 5.32 Å². The van der Waals surface area contributed by atoms with Crippen molar-refractivity contribution in [2.45, 2.75) is 0 Å². The molecular weight excluding hydrogens is 242 g/mol. The van der Waals surface area contributed by atoms with Crippen molar-refractivity contribution < 1.29 is 9.90 Å². The molecule has 0 aliphatic rings. The quantitative estimate of drug-likeness (QED) is 0.656. The number of nitrogens with one attached hydrogen (secondary N) is 2. The molecule has 0 saturated heterocycles. The topological polar surface area (TPSA) is 78.0 Å². The van der Waals surface area contributed by atoms with Gasteiger partial charge in [0.25, 0.3) is 5.91 Å². The molecule has 5 nitrogen and oxygen atoms in total. The van der Waals surface area contributed by atoms with Gasteiger partial charge in [-0.3, -0.25) is 9.89 Å². The van der Waals surface area contributed by atoms with Crippen molar-refractivity contribution in [1.29, 1.82) is 0 Å². The number of hydrogen-bond acceptors (Lipinski definition) is 3. The molecular formula is C14H11N3O2. The van der Waals surface area contributed by atoms with Crippen LogP contribution in [-0.2, 0) is 0 Å². The van der Waals surface area contributed by atoms with Crippen LogP contribution in [0.25, 0.3) is 10.9 Å². The molecule has 19 heavy (non-hydrogen) atoms. The number of fused-ring (bicyclic) bond motifs is 1. The molecule has 5 heteroatoms. The van der Waals surface area contributed by atoms with Gasteiger partial charge in [0.1, 0.15) is 5.75 Å². The van der Waals surface area contributed by atoms with Crippen LogP contribution in [0.1, 0.15) is 10.4 Å². The third-order valence-corrected chi connectivity index (χ3v) is 2.83. The molecule has 0 aliphatic carbocycles. The highest BCUT2D eigenvalue weighted by Gasteiger charge is 2.10. The van der Waals surface area contributed by atoms with Gasteiger partial charge < -0.3 is 10.4 Å². The molecule has 3 rings (SSSR count). The van der Waals surface area contributed by atoms with Crippen molar-refractivity contribution in [3.05, 3.63) is 54.1 Å². The van der Waals surface area contributed by atoms with Crippen LogP contribution in [0.4, 0.5) is 5.82 Å². The van der Waals surface area contributed by atoms with Crippen molar-refractivity contribution in [3.63, 3.8) is 0 Å². The third kappa shape index (κ3) is 2.13. The molecule has 1 aromatic heterocycles. The maximum Gasteiger partial charge on any atom is 0.256 e. The zero-order valence-corrected chi connectivity index (χ0v) is 9.92. The number of amides is 1. The van der Waals surface area contributed by atoms with Gasteiger partial charge in [-0.05, 0) is 36.4 Å². The van der Waals surface area contributed by atoms with E-state index in [9.17, 15) is 9.90 Å². The van der Waals surface area contributed by atoms with Crippen molar-refractivity contribution >= 4 is 22.6 Å². The molecule has 0 spiro atoms. The van der Waals surface area contributed by atoms with E-state index in [1.807, 2.05) is 24.3 Å². The summed E-state index contributed by atoms with van der Waals surface area (Å²) < 4.78 is 0. The van der Waals surface area contributed by atoms with Gasteiger partial charge >= 0.3 is 0 Å². The number of phenols is 1. The second-order valence-corrected chi connectivity index (χ2v) is 4.12. The largest absolute Gasteiger partial charge is 0.508 e. The Bertz CT molecular complexity index is 732. The molecule has 0 bridgehead atoms. The average molecular weight is 253 g/mol. The molecule has 1 heterocycles. The highest BCUT2D eigenvalue weighted by molar-refractivity contribution is 6.07. The Hall–Kier alpha value is -2.82. The molecule has 94 valence electrons. The molecule has 3 aromatic rings. The van der Waals surface area contributed by atoms with E-state index >= 15 is 0 Å². The van der Waals surface area contributed by atoms with Crippen LogP contribution in [0.15, 0.2) is 48.5 Å². The van der Waals surface area contributed by atoms with Gasteiger partial charge in [0, 0.05) is 10.9 Å².